The Morgan fingerprint density at radius 1 is 1.36 bits per heavy atom. The van der Waals surface area contributed by atoms with Crippen LogP contribution in [0.4, 0.5) is 0 Å². The highest BCUT2D eigenvalue weighted by atomic mass is 32.1. The van der Waals surface area contributed by atoms with Crippen LogP contribution in [0.3, 0.4) is 0 Å². The maximum Gasteiger partial charge on any atom is 0.254 e. The molecule has 2 fully saturated rings. The molecule has 2 aromatic heterocycles. The van der Waals surface area contributed by atoms with Gasteiger partial charge in [-0.1, -0.05) is 6.42 Å². The van der Waals surface area contributed by atoms with Crippen molar-refractivity contribution in [2.75, 3.05) is 13.1 Å². The number of amides is 1. The summed E-state index contributed by atoms with van der Waals surface area (Å²) in [5.41, 5.74) is 2.06. The highest BCUT2D eigenvalue weighted by molar-refractivity contribution is 7.08. The second kappa shape index (κ2) is 5.54. The molecule has 0 aromatic carbocycles. The van der Waals surface area contributed by atoms with Gasteiger partial charge in [-0.3, -0.25) is 4.79 Å². The number of carbonyl (C=O) groups excluding carboxylic acids is 1. The van der Waals surface area contributed by atoms with E-state index in [1.807, 2.05) is 27.9 Å². The molecule has 2 aliphatic rings. The summed E-state index contributed by atoms with van der Waals surface area (Å²) in [7, 11) is 0. The second-order valence-corrected chi connectivity index (χ2v) is 7.24. The van der Waals surface area contributed by atoms with Crippen LogP contribution in [-0.2, 0) is 0 Å². The summed E-state index contributed by atoms with van der Waals surface area (Å²) < 4.78 is 2.41. The molecule has 3 heterocycles. The van der Waals surface area contributed by atoms with E-state index >= 15 is 0 Å². The van der Waals surface area contributed by atoms with E-state index in [0.717, 1.165) is 25.1 Å². The van der Waals surface area contributed by atoms with E-state index in [0.29, 0.717) is 12.0 Å². The Balaban J connectivity index is 1.53. The number of imidazole rings is 1. The third-order valence-electron chi connectivity index (χ3n) is 5.06. The second-order valence-electron chi connectivity index (χ2n) is 6.46. The summed E-state index contributed by atoms with van der Waals surface area (Å²) in [6.45, 7) is 3.80. The van der Waals surface area contributed by atoms with Crippen LogP contribution in [-0.4, -0.2) is 33.4 Å². The summed E-state index contributed by atoms with van der Waals surface area (Å²) in [5, 5.41) is 3.91. The van der Waals surface area contributed by atoms with Gasteiger partial charge in [0.1, 0.15) is 5.82 Å². The van der Waals surface area contributed by atoms with Crippen LogP contribution in [0, 0.1) is 6.92 Å². The third-order valence-corrected chi connectivity index (χ3v) is 5.75. The van der Waals surface area contributed by atoms with Gasteiger partial charge in [0.15, 0.2) is 0 Å². The predicted molar refractivity (Wildman–Crippen MR) is 87.4 cm³/mol. The fourth-order valence-electron chi connectivity index (χ4n) is 3.61. The smallest absolute Gasteiger partial charge is 0.254 e. The van der Waals surface area contributed by atoms with Crippen molar-refractivity contribution in [1.82, 2.24) is 14.5 Å². The molecule has 4 rings (SSSR count). The highest BCUT2D eigenvalue weighted by Crippen LogP contribution is 2.38. The van der Waals surface area contributed by atoms with Crippen molar-refractivity contribution >= 4 is 17.2 Å². The van der Waals surface area contributed by atoms with Gasteiger partial charge in [-0.25, -0.2) is 4.98 Å². The molecule has 0 radical (unpaired) electrons. The molecule has 1 aliphatic heterocycles. The normalized spacial score (nSPS) is 22.0. The minimum Gasteiger partial charge on any atom is -0.336 e. The lowest BCUT2D eigenvalue weighted by atomic mass is 9.84. The first-order valence-corrected chi connectivity index (χ1v) is 9.03. The van der Waals surface area contributed by atoms with Gasteiger partial charge in [0.05, 0.1) is 11.6 Å². The average Bonchev–Trinajstić information content (AvgIpc) is 3.16. The number of aromatic nitrogens is 2. The molecule has 0 bridgehead atoms. The molecule has 1 atom stereocenters. The minimum atomic E-state index is 0.173. The number of thiophene rings is 1. The van der Waals surface area contributed by atoms with Gasteiger partial charge < -0.3 is 9.47 Å². The maximum atomic E-state index is 12.5. The number of hydrogen-bond acceptors (Lipinski definition) is 3. The Hall–Kier alpha value is -1.62. The van der Waals surface area contributed by atoms with Crippen molar-refractivity contribution in [1.29, 1.82) is 0 Å². The Morgan fingerprint density at radius 3 is 2.91 bits per heavy atom. The van der Waals surface area contributed by atoms with Gasteiger partial charge in [0, 0.05) is 36.3 Å². The van der Waals surface area contributed by atoms with Crippen molar-refractivity contribution in [3.05, 3.63) is 40.1 Å². The van der Waals surface area contributed by atoms with Crippen LogP contribution < -0.4 is 0 Å². The summed E-state index contributed by atoms with van der Waals surface area (Å²) in [4.78, 5) is 19.2. The largest absolute Gasteiger partial charge is 0.336 e. The van der Waals surface area contributed by atoms with E-state index in [9.17, 15) is 4.79 Å². The molecule has 1 saturated heterocycles. The molecule has 116 valence electrons. The van der Waals surface area contributed by atoms with Gasteiger partial charge in [0.2, 0.25) is 0 Å². The Morgan fingerprint density at radius 2 is 2.23 bits per heavy atom. The quantitative estimate of drug-likeness (QED) is 0.868. The van der Waals surface area contributed by atoms with Gasteiger partial charge in [-0.2, -0.15) is 11.3 Å². The van der Waals surface area contributed by atoms with Gasteiger partial charge in [-0.05, 0) is 37.6 Å². The zero-order valence-electron chi connectivity index (χ0n) is 12.9. The van der Waals surface area contributed by atoms with E-state index in [-0.39, 0.29) is 5.91 Å². The first-order valence-electron chi connectivity index (χ1n) is 8.09. The molecular weight excluding hydrogens is 294 g/mol. The highest BCUT2D eigenvalue weighted by Gasteiger charge is 2.33. The monoisotopic (exact) mass is 315 g/mol. The molecule has 4 nitrogen and oxygen atoms in total. The number of nitrogens with zero attached hydrogens (tertiary/aromatic N) is 3. The van der Waals surface area contributed by atoms with Crippen LogP contribution in [0.15, 0.2) is 23.0 Å². The van der Waals surface area contributed by atoms with E-state index in [4.69, 9.17) is 0 Å². The van der Waals surface area contributed by atoms with E-state index < -0.39 is 0 Å². The van der Waals surface area contributed by atoms with Crippen molar-refractivity contribution in [2.45, 2.75) is 44.6 Å². The summed E-state index contributed by atoms with van der Waals surface area (Å²) >= 11 is 1.58. The number of rotatable bonds is 3. The lowest BCUT2D eigenvalue weighted by Crippen LogP contribution is -2.29. The average molecular weight is 315 g/mol. The van der Waals surface area contributed by atoms with Crippen molar-refractivity contribution in [2.24, 2.45) is 0 Å². The topological polar surface area (TPSA) is 38.1 Å². The lowest BCUT2D eigenvalue weighted by Gasteiger charge is -2.28. The Kier molecular flexibility index (Phi) is 3.53. The fraction of sp³-hybridized carbons (Fsp3) is 0.529. The van der Waals surface area contributed by atoms with Crippen LogP contribution in [0.1, 0.15) is 59.5 Å². The predicted octanol–water partition coefficient (Wildman–Crippen LogP) is 3.61. The molecule has 0 spiro atoms. The minimum absolute atomic E-state index is 0.173. The standard InChI is InChI=1S/C17H21N3OS/c1-12-9-18-16(13-3-2-4-13)20(12)15-5-7-19(10-15)17(21)14-6-8-22-11-14/h6,8-9,11,13,15H,2-5,7,10H2,1H3. The van der Waals surface area contributed by atoms with Gasteiger partial charge in [0.25, 0.3) is 5.91 Å². The number of carbonyl (C=O) groups is 1. The van der Waals surface area contributed by atoms with Crippen molar-refractivity contribution in [3.63, 3.8) is 0 Å². The van der Waals surface area contributed by atoms with E-state index in [1.165, 1.54) is 30.8 Å². The molecule has 1 amide bonds. The van der Waals surface area contributed by atoms with Crippen LogP contribution >= 0.6 is 11.3 Å². The fourth-order valence-corrected chi connectivity index (χ4v) is 4.24. The zero-order chi connectivity index (χ0) is 15.1. The SMILES string of the molecule is Cc1cnc(C2CCC2)n1C1CCN(C(=O)c2ccsc2)C1. The first kappa shape index (κ1) is 14.0. The lowest BCUT2D eigenvalue weighted by molar-refractivity contribution is 0.0788. The number of aryl methyl sites for hydroxylation is 1. The summed E-state index contributed by atoms with van der Waals surface area (Å²) in [6.07, 6.45) is 6.88. The molecule has 2 aromatic rings. The molecule has 0 N–H and O–H groups in total. The molecular formula is C17H21N3OS. The number of likely N-dealkylation sites (tertiary alicyclic amines) is 1. The Labute approximate surface area is 134 Å². The van der Waals surface area contributed by atoms with Crippen LogP contribution in [0.5, 0.6) is 0 Å². The zero-order valence-corrected chi connectivity index (χ0v) is 13.7. The molecule has 1 saturated carbocycles. The van der Waals surface area contributed by atoms with E-state index in [1.54, 1.807) is 11.3 Å². The number of hydrogen-bond donors (Lipinski definition) is 0. The van der Waals surface area contributed by atoms with Crippen LogP contribution in [0.25, 0.3) is 0 Å². The van der Waals surface area contributed by atoms with Crippen LogP contribution in [0.2, 0.25) is 0 Å². The van der Waals surface area contributed by atoms with Gasteiger partial charge in [-0.15, -0.1) is 0 Å². The summed E-state index contributed by atoms with van der Waals surface area (Å²) in [5.74, 6) is 2.06. The molecule has 22 heavy (non-hydrogen) atoms. The first-order chi connectivity index (χ1) is 10.7. The molecule has 5 heteroatoms. The Bertz CT molecular complexity index is 672. The molecule has 1 aliphatic carbocycles. The van der Waals surface area contributed by atoms with E-state index in [2.05, 4.69) is 16.5 Å². The van der Waals surface area contributed by atoms with Crippen molar-refractivity contribution in [3.8, 4) is 0 Å². The molecule has 1 unspecified atom stereocenters. The third kappa shape index (κ3) is 2.28. The van der Waals surface area contributed by atoms with Crippen molar-refractivity contribution < 1.29 is 4.79 Å². The van der Waals surface area contributed by atoms with Gasteiger partial charge >= 0.3 is 0 Å². The maximum absolute atomic E-state index is 12.5. The summed E-state index contributed by atoms with van der Waals surface area (Å²) in [6, 6.07) is 2.31.